The summed E-state index contributed by atoms with van der Waals surface area (Å²) in [5.41, 5.74) is 5.17. The molecule has 0 bridgehead atoms. The zero-order valence-corrected chi connectivity index (χ0v) is 5.30. The lowest BCUT2D eigenvalue weighted by atomic mass is 10.2. The average Bonchev–Trinajstić information content (AvgIpc) is 2.42. The summed E-state index contributed by atoms with van der Waals surface area (Å²) in [5.74, 6) is 1.92. The van der Waals surface area contributed by atoms with Crippen LogP contribution in [-0.4, -0.2) is 0 Å². The topological polar surface area (TPSA) is 26.0 Å². The van der Waals surface area contributed by atoms with Crippen LogP contribution in [0.4, 0.5) is 0 Å². The number of rotatable bonds is 2. The lowest BCUT2D eigenvalue weighted by Crippen LogP contribution is -1.78. The van der Waals surface area contributed by atoms with Gasteiger partial charge in [-0.15, -0.1) is 0 Å². The number of nitrogens with two attached hydrogens (primary N) is 1. The molecule has 0 aromatic rings. The minimum absolute atomic E-state index is 0.954. The SMILES string of the molecule is CC1C[C@H]1C/C=C\N. The van der Waals surface area contributed by atoms with Crippen molar-refractivity contribution in [1.29, 1.82) is 0 Å². The second-order valence-corrected chi connectivity index (χ2v) is 2.64. The summed E-state index contributed by atoms with van der Waals surface area (Å²) in [6.07, 6.45) is 6.29. The molecule has 0 spiro atoms. The first-order valence-electron chi connectivity index (χ1n) is 3.21. The average molecular weight is 111 g/mol. The van der Waals surface area contributed by atoms with E-state index in [1.807, 2.05) is 6.08 Å². The molecule has 1 aliphatic rings. The summed E-state index contributed by atoms with van der Waals surface area (Å²) in [6.45, 7) is 2.29. The molecule has 0 amide bonds. The van der Waals surface area contributed by atoms with Crippen molar-refractivity contribution in [3.63, 3.8) is 0 Å². The van der Waals surface area contributed by atoms with E-state index in [0.717, 1.165) is 11.8 Å². The molecular weight excluding hydrogens is 98.1 g/mol. The largest absolute Gasteiger partial charge is 0.405 e. The van der Waals surface area contributed by atoms with Crippen molar-refractivity contribution in [2.45, 2.75) is 19.8 Å². The molecule has 1 unspecified atom stereocenters. The lowest BCUT2D eigenvalue weighted by Gasteiger charge is -1.83. The fourth-order valence-electron chi connectivity index (χ4n) is 0.981. The number of hydrogen-bond acceptors (Lipinski definition) is 1. The molecule has 1 aliphatic carbocycles. The maximum atomic E-state index is 5.17. The van der Waals surface area contributed by atoms with Gasteiger partial charge in [-0.2, -0.15) is 0 Å². The molecule has 1 rings (SSSR count). The molecule has 0 saturated heterocycles. The van der Waals surface area contributed by atoms with Crippen molar-refractivity contribution in [2.24, 2.45) is 17.6 Å². The van der Waals surface area contributed by atoms with Crippen molar-refractivity contribution in [2.75, 3.05) is 0 Å². The molecule has 0 aromatic carbocycles. The van der Waals surface area contributed by atoms with Gasteiger partial charge in [-0.25, -0.2) is 0 Å². The first-order valence-corrected chi connectivity index (χ1v) is 3.21. The van der Waals surface area contributed by atoms with Gasteiger partial charge in [0.25, 0.3) is 0 Å². The van der Waals surface area contributed by atoms with E-state index in [-0.39, 0.29) is 0 Å². The van der Waals surface area contributed by atoms with Crippen molar-refractivity contribution < 1.29 is 0 Å². The highest BCUT2D eigenvalue weighted by atomic mass is 14.5. The molecular formula is C7H13N. The Hall–Kier alpha value is -0.460. The van der Waals surface area contributed by atoms with E-state index in [1.54, 1.807) is 6.20 Å². The molecule has 0 aromatic heterocycles. The van der Waals surface area contributed by atoms with Gasteiger partial charge in [0.2, 0.25) is 0 Å². The Morgan fingerprint density at radius 2 is 2.38 bits per heavy atom. The standard InChI is InChI=1S/C7H13N/c1-6-5-7(6)3-2-4-8/h2,4,6-7H,3,5,8H2,1H3/b4-2-/t6?,7-/m1/s1. The highest BCUT2D eigenvalue weighted by Crippen LogP contribution is 2.40. The zero-order chi connectivity index (χ0) is 5.98. The summed E-state index contributed by atoms with van der Waals surface area (Å²) >= 11 is 0. The predicted molar refractivity (Wildman–Crippen MR) is 35.2 cm³/mol. The van der Waals surface area contributed by atoms with Crippen LogP contribution in [0.2, 0.25) is 0 Å². The van der Waals surface area contributed by atoms with Crippen LogP contribution in [0.5, 0.6) is 0 Å². The molecule has 1 fully saturated rings. The van der Waals surface area contributed by atoms with Crippen LogP contribution < -0.4 is 5.73 Å². The van der Waals surface area contributed by atoms with Crippen LogP contribution in [0.15, 0.2) is 12.3 Å². The molecule has 0 heterocycles. The fraction of sp³-hybridized carbons (Fsp3) is 0.714. The van der Waals surface area contributed by atoms with Crippen molar-refractivity contribution >= 4 is 0 Å². The van der Waals surface area contributed by atoms with Crippen molar-refractivity contribution in [3.8, 4) is 0 Å². The molecule has 0 radical (unpaired) electrons. The van der Waals surface area contributed by atoms with Gasteiger partial charge in [-0.05, 0) is 30.9 Å². The first-order chi connectivity index (χ1) is 3.84. The first kappa shape index (κ1) is 5.67. The fourth-order valence-corrected chi connectivity index (χ4v) is 0.981. The van der Waals surface area contributed by atoms with Gasteiger partial charge in [-0.1, -0.05) is 13.0 Å². The molecule has 0 aliphatic heterocycles. The van der Waals surface area contributed by atoms with Crippen LogP contribution >= 0.6 is 0 Å². The van der Waals surface area contributed by atoms with E-state index >= 15 is 0 Å². The van der Waals surface area contributed by atoms with E-state index in [9.17, 15) is 0 Å². The van der Waals surface area contributed by atoms with Gasteiger partial charge in [0.05, 0.1) is 0 Å². The second kappa shape index (κ2) is 2.21. The Morgan fingerprint density at radius 3 is 2.75 bits per heavy atom. The molecule has 8 heavy (non-hydrogen) atoms. The normalized spacial score (nSPS) is 36.1. The van der Waals surface area contributed by atoms with Gasteiger partial charge in [0.15, 0.2) is 0 Å². The smallest absolute Gasteiger partial charge is 0.0103 e. The van der Waals surface area contributed by atoms with Crippen LogP contribution in [0, 0.1) is 11.8 Å². The van der Waals surface area contributed by atoms with Gasteiger partial charge in [-0.3, -0.25) is 0 Å². The van der Waals surface area contributed by atoms with Crippen LogP contribution in [0.25, 0.3) is 0 Å². The minimum Gasteiger partial charge on any atom is -0.405 e. The maximum Gasteiger partial charge on any atom is -0.0103 e. The van der Waals surface area contributed by atoms with Crippen LogP contribution in [0.1, 0.15) is 19.8 Å². The van der Waals surface area contributed by atoms with Crippen LogP contribution in [-0.2, 0) is 0 Å². The predicted octanol–water partition coefficient (Wildman–Crippen LogP) is 1.50. The maximum absolute atomic E-state index is 5.17. The van der Waals surface area contributed by atoms with E-state index in [4.69, 9.17) is 5.73 Å². The Kier molecular flexibility index (Phi) is 1.56. The molecule has 2 atom stereocenters. The van der Waals surface area contributed by atoms with Gasteiger partial charge >= 0.3 is 0 Å². The monoisotopic (exact) mass is 111 g/mol. The summed E-state index contributed by atoms with van der Waals surface area (Å²) in [5, 5.41) is 0. The Labute approximate surface area is 50.6 Å². The molecule has 1 heteroatoms. The Balaban J connectivity index is 2.05. The molecule has 46 valence electrons. The summed E-state index contributed by atoms with van der Waals surface area (Å²) < 4.78 is 0. The Morgan fingerprint density at radius 1 is 1.75 bits per heavy atom. The summed E-state index contributed by atoms with van der Waals surface area (Å²) in [7, 11) is 0. The minimum atomic E-state index is 0.954. The third kappa shape index (κ3) is 1.25. The summed E-state index contributed by atoms with van der Waals surface area (Å²) in [4.78, 5) is 0. The summed E-state index contributed by atoms with van der Waals surface area (Å²) in [6, 6.07) is 0. The zero-order valence-electron chi connectivity index (χ0n) is 5.30. The van der Waals surface area contributed by atoms with E-state index in [2.05, 4.69) is 6.92 Å². The van der Waals surface area contributed by atoms with E-state index in [0.29, 0.717) is 0 Å². The van der Waals surface area contributed by atoms with Gasteiger partial charge < -0.3 is 5.73 Å². The highest BCUT2D eigenvalue weighted by molar-refractivity contribution is 4.90. The van der Waals surface area contributed by atoms with Crippen molar-refractivity contribution in [3.05, 3.63) is 12.3 Å². The number of hydrogen-bond donors (Lipinski definition) is 1. The quantitative estimate of drug-likeness (QED) is 0.574. The molecule has 2 N–H and O–H groups in total. The van der Waals surface area contributed by atoms with Gasteiger partial charge in [0.1, 0.15) is 0 Å². The lowest BCUT2D eigenvalue weighted by molar-refractivity contribution is 0.765. The van der Waals surface area contributed by atoms with E-state index < -0.39 is 0 Å². The highest BCUT2D eigenvalue weighted by Gasteiger charge is 2.30. The van der Waals surface area contributed by atoms with Gasteiger partial charge in [0, 0.05) is 0 Å². The second-order valence-electron chi connectivity index (χ2n) is 2.64. The molecule has 1 nitrogen and oxygen atoms in total. The Bertz CT molecular complexity index is 96.6. The third-order valence-electron chi connectivity index (χ3n) is 1.85. The number of allylic oxidation sites excluding steroid dienone is 1. The third-order valence-corrected chi connectivity index (χ3v) is 1.85. The van der Waals surface area contributed by atoms with Crippen molar-refractivity contribution in [1.82, 2.24) is 0 Å². The van der Waals surface area contributed by atoms with E-state index in [1.165, 1.54) is 12.8 Å². The molecule has 1 saturated carbocycles. The van der Waals surface area contributed by atoms with Crippen LogP contribution in [0.3, 0.4) is 0 Å².